The van der Waals surface area contributed by atoms with E-state index in [1.54, 1.807) is 42.5 Å². The molecule has 0 N–H and O–H groups in total. The molecule has 0 unspecified atom stereocenters. The second-order valence-corrected chi connectivity index (χ2v) is 9.99. The molecule has 0 saturated carbocycles. The lowest BCUT2D eigenvalue weighted by Gasteiger charge is -2.34. The fourth-order valence-electron chi connectivity index (χ4n) is 4.04. The van der Waals surface area contributed by atoms with Crippen molar-refractivity contribution in [1.82, 2.24) is 9.55 Å². The number of amides is 1. The Labute approximate surface area is 218 Å². The summed E-state index contributed by atoms with van der Waals surface area (Å²) in [5, 5.41) is 1.30. The molecule has 13 heteroatoms. The molecule has 1 aliphatic rings. The van der Waals surface area contributed by atoms with Gasteiger partial charge in [-0.3, -0.25) is 9.69 Å². The zero-order valence-corrected chi connectivity index (χ0v) is 21.3. The molecule has 0 radical (unpaired) electrons. The molecule has 8 nitrogen and oxygen atoms in total. The Morgan fingerprint density at radius 1 is 1.14 bits per heavy atom. The van der Waals surface area contributed by atoms with Crippen LogP contribution < -0.4 is 14.9 Å². The Morgan fingerprint density at radius 3 is 2.49 bits per heavy atom. The quantitative estimate of drug-likeness (QED) is 0.336. The number of imidazole rings is 1. The van der Waals surface area contributed by atoms with Crippen molar-refractivity contribution in [3.05, 3.63) is 58.4 Å². The predicted molar refractivity (Wildman–Crippen MR) is 136 cm³/mol. The highest BCUT2D eigenvalue weighted by molar-refractivity contribution is 7.18. The first-order valence-corrected chi connectivity index (χ1v) is 12.1. The minimum atomic E-state index is -5.21. The fraction of sp³-hybridized carbons (Fsp3) is 0.208. The molecule has 1 aliphatic heterocycles. The Hall–Kier alpha value is -3.77. The number of thiophene rings is 1. The highest BCUT2D eigenvalue weighted by Crippen LogP contribution is 2.42. The maximum atomic E-state index is 13.6. The van der Waals surface area contributed by atoms with Gasteiger partial charge in [-0.1, -0.05) is 23.7 Å². The average molecular weight is 550 g/mol. The Balaban J connectivity index is 1.58. The van der Waals surface area contributed by atoms with Gasteiger partial charge in [0, 0.05) is 36.7 Å². The van der Waals surface area contributed by atoms with Crippen molar-refractivity contribution in [3.63, 3.8) is 0 Å². The average Bonchev–Trinajstić information content (AvgIpc) is 3.43. The number of alkyl halides is 3. The van der Waals surface area contributed by atoms with E-state index in [-0.39, 0.29) is 10.6 Å². The number of carbonyl (C=O) groups excluding carboxylic acids is 2. The number of aromatic nitrogens is 2. The van der Waals surface area contributed by atoms with E-state index >= 15 is 0 Å². The summed E-state index contributed by atoms with van der Waals surface area (Å²) in [5.74, 6) is -2.14. The summed E-state index contributed by atoms with van der Waals surface area (Å²) in [6, 6.07) is 13.4. The Kier molecular flexibility index (Phi) is 6.03. The van der Waals surface area contributed by atoms with Crippen molar-refractivity contribution in [2.45, 2.75) is 6.18 Å². The lowest BCUT2D eigenvalue weighted by molar-refractivity contribution is -0.201. The first kappa shape index (κ1) is 24.9. The van der Waals surface area contributed by atoms with Crippen molar-refractivity contribution in [2.75, 3.05) is 35.6 Å². The van der Waals surface area contributed by atoms with E-state index in [4.69, 9.17) is 16.4 Å². The first-order valence-electron chi connectivity index (χ1n) is 10.9. The summed E-state index contributed by atoms with van der Waals surface area (Å²) in [7, 11) is 5.55. The number of aryl methyl sites for hydroxylation is 1. The number of carbonyl (C=O) groups is 2. The number of halogens is 4. The van der Waals surface area contributed by atoms with Crippen molar-refractivity contribution in [3.8, 4) is 10.4 Å². The molecule has 2 aromatic carbocycles. The van der Waals surface area contributed by atoms with Crippen LogP contribution in [0.15, 0.2) is 48.5 Å². The number of nitrogens with zero attached hydrogens (tertiary/aromatic N) is 5. The van der Waals surface area contributed by atoms with E-state index in [0.717, 1.165) is 21.9 Å². The molecule has 0 fully saturated rings. The zero-order chi connectivity index (χ0) is 26.6. The van der Waals surface area contributed by atoms with Gasteiger partial charge in [0.05, 0.1) is 11.0 Å². The third-order valence-electron chi connectivity index (χ3n) is 5.80. The molecular formula is C24H19ClF3N5O3S. The minimum Gasteiger partial charge on any atom is -0.348 e. The van der Waals surface area contributed by atoms with E-state index in [9.17, 15) is 22.8 Å². The van der Waals surface area contributed by atoms with E-state index in [1.807, 2.05) is 30.6 Å². The van der Waals surface area contributed by atoms with E-state index in [0.29, 0.717) is 32.6 Å². The third-order valence-corrected chi connectivity index (χ3v) is 7.21. The maximum Gasteiger partial charge on any atom is 0.493 e. The minimum absolute atomic E-state index is 0.0719. The highest BCUT2D eigenvalue weighted by atomic mass is 35.5. The summed E-state index contributed by atoms with van der Waals surface area (Å²) in [4.78, 5) is 38.4. The van der Waals surface area contributed by atoms with Gasteiger partial charge in [0.15, 0.2) is 0 Å². The molecule has 37 heavy (non-hydrogen) atoms. The summed E-state index contributed by atoms with van der Waals surface area (Å²) in [5.41, 5.74) is 2.56. The Bertz CT molecular complexity index is 1530. The normalized spacial score (nSPS) is 13.8. The molecule has 0 atom stereocenters. The van der Waals surface area contributed by atoms with E-state index in [1.165, 1.54) is 11.0 Å². The zero-order valence-electron chi connectivity index (χ0n) is 19.7. The number of rotatable bonds is 4. The summed E-state index contributed by atoms with van der Waals surface area (Å²) in [6.45, 7) is -0.441. The molecule has 3 heterocycles. The van der Waals surface area contributed by atoms with E-state index in [2.05, 4.69) is 4.98 Å². The monoisotopic (exact) mass is 549 g/mol. The fourth-order valence-corrected chi connectivity index (χ4v) is 5.27. The van der Waals surface area contributed by atoms with Gasteiger partial charge in [0.2, 0.25) is 5.95 Å². The first-order chi connectivity index (χ1) is 17.4. The molecule has 192 valence electrons. The second kappa shape index (κ2) is 8.96. The SMILES string of the molecule is CN(C)c1nc2cc(N3CN(OC(=O)C(F)(F)F)c4cc(-c5ccc(Cl)cc5)sc4C3=O)ccc2n1C. The molecule has 0 saturated heterocycles. The maximum absolute atomic E-state index is 13.6. The van der Waals surface area contributed by atoms with Crippen molar-refractivity contribution in [1.29, 1.82) is 0 Å². The summed E-state index contributed by atoms with van der Waals surface area (Å²) >= 11 is 7.04. The lowest BCUT2D eigenvalue weighted by atomic mass is 10.1. The van der Waals surface area contributed by atoms with Crippen LogP contribution in [0.3, 0.4) is 0 Å². The van der Waals surface area contributed by atoms with Crippen LogP contribution >= 0.6 is 22.9 Å². The van der Waals surface area contributed by atoms with Gasteiger partial charge < -0.3 is 14.3 Å². The molecule has 1 amide bonds. The van der Waals surface area contributed by atoms with Gasteiger partial charge in [-0.15, -0.1) is 11.3 Å². The molecule has 0 aliphatic carbocycles. The van der Waals surface area contributed by atoms with Crippen LogP contribution in [0.25, 0.3) is 21.5 Å². The van der Waals surface area contributed by atoms with Gasteiger partial charge in [-0.2, -0.15) is 18.2 Å². The van der Waals surface area contributed by atoms with Crippen LogP contribution in [0, 0.1) is 0 Å². The van der Waals surface area contributed by atoms with Crippen LogP contribution in [0.5, 0.6) is 0 Å². The third kappa shape index (κ3) is 4.46. The second-order valence-electron chi connectivity index (χ2n) is 8.50. The van der Waals surface area contributed by atoms with Crippen LogP contribution in [0.4, 0.5) is 30.5 Å². The number of anilines is 3. The molecule has 2 aromatic heterocycles. The molecule has 4 aromatic rings. The standard InChI is InChI=1S/C24H19ClF3N5O3S/c1-30(2)23-29-16-10-15(8-9-17(16)31(23)3)32-12-33(36-22(35)24(26,27)28)18-11-19(37-20(18)21(32)34)13-4-6-14(25)7-5-13/h4-11H,12H2,1-3H3. The lowest BCUT2D eigenvalue weighted by Crippen LogP contribution is -2.48. The summed E-state index contributed by atoms with van der Waals surface area (Å²) < 4.78 is 41.1. The molecule has 0 bridgehead atoms. The van der Waals surface area contributed by atoms with Crippen LogP contribution in [0.1, 0.15) is 9.67 Å². The topological polar surface area (TPSA) is 70.9 Å². The van der Waals surface area contributed by atoms with Gasteiger partial charge in [-0.05, 0) is 42.0 Å². The Morgan fingerprint density at radius 2 is 1.84 bits per heavy atom. The van der Waals surface area contributed by atoms with Gasteiger partial charge in [0.25, 0.3) is 5.91 Å². The highest BCUT2D eigenvalue weighted by Gasteiger charge is 2.45. The number of hydrogen-bond acceptors (Lipinski definition) is 7. The van der Waals surface area contributed by atoms with Crippen LogP contribution in [-0.4, -0.2) is 48.4 Å². The van der Waals surface area contributed by atoms with Crippen LogP contribution in [-0.2, 0) is 16.7 Å². The summed E-state index contributed by atoms with van der Waals surface area (Å²) in [6.07, 6.45) is -5.21. The molecule has 0 spiro atoms. The van der Waals surface area contributed by atoms with Gasteiger partial charge in [-0.25, -0.2) is 9.78 Å². The van der Waals surface area contributed by atoms with Crippen molar-refractivity contribution >= 4 is 63.2 Å². The largest absolute Gasteiger partial charge is 0.493 e. The van der Waals surface area contributed by atoms with E-state index < -0.39 is 24.7 Å². The van der Waals surface area contributed by atoms with Gasteiger partial charge >= 0.3 is 12.1 Å². The molecular weight excluding hydrogens is 531 g/mol. The smallest absolute Gasteiger partial charge is 0.348 e. The number of benzene rings is 2. The van der Waals surface area contributed by atoms with Gasteiger partial charge in [0.1, 0.15) is 17.2 Å². The predicted octanol–water partition coefficient (Wildman–Crippen LogP) is 5.47. The number of fused-ring (bicyclic) bond motifs is 2. The van der Waals surface area contributed by atoms with Crippen molar-refractivity contribution < 1.29 is 27.6 Å². The van der Waals surface area contributed by atoms with Crippen molar-refractivity contribution in [2.24, 2.45) is 7.05 Å². The molecule has 5 rings (SSSR count). The number of hydrogen-bond donors (Lipinski definition) is 0. The van der Waals surface area contributed by atoms with Crippen LogP contribution in [0.2, 0.25) is 5.02 Å². The number of hydroxylamine groups is 1.